The minimum Gasteiger partial charge on any atom is -0.423 e. The first-order valence-corrected chi connectivity index (χ1v) is 9.66. The van der Waals surface area contributed by atoms with Gasteiger partial charge in [-0.3, -0.25) is 0 Å². The van der Waals surface area contributed by atoms with E-state index in [1.54, 1.807) is 12.1 Å². The predicted octanol–water partition coefficient (Wildman–Crippen LogP) is 6.59. The van der Waals surface area contributed by atoms with E-state index in [0.29, 0.717) is 11.3 Å². The first-order chi connectivity index (χ1) is 12.3. The van der Waals surface area contributed by atoms with Crippen LogP contribution in [0.15, 0.2) is 54.6 Å². The number of unbranched alkanes of at least 4 members (excludes halogenated alkanes) is 7. The van der Waals surface area contributed by atoms with Crippen molar-refractivity contribution in [3.05, 3.63) is 65.7 Å². The first-order valence-electron chi connectivity index (χ1n) is 9.66. The SMILES string of the molecule is CCCCCCCCCCc1ccc(C(=O)Oc2ccccc2)cc1. The molecule has 0 saturated heterocycles. The minimum absolute atomic E-state index is 0.301. The van der Waals surface area contributed by atoms with Crippen LogP contribution in [0.3, 0.4) is 0 Å². The molecule has 0 bridgehead atoms. The largest absolute Gasteiger partial charge is 0.423 e. The predicted molar refractivity (Wildman–Crippen MR) is 104 cm³/mol. The number of carbonyl (C=O) groups excluding carboxylic acids is 1. The van der Waals surface area contributed by atoms with Gasteiger partial charge in [0.25, 0.3) is 0 Å². The average molecular weight is 338 g/mol. The van der Waals surface area contributed by atoms with Crippen LogP contribution >= 0.6 is 0 Å². The summed E-state index contributed by atoms with van der Waals surface area (Å²) in [7, 11) is 0. The van der Waals surface area contributed by atoms with Crippen LogP contribution in [0.1, 0.15) is 74.2 Å². The van der Waals surface area contributed by atoms with Crippen molar-refractivity contribution in [2.45, 2.75) is 64.7 Å². The van der Waals surface area contributed by atoms with Crippen molar-refractivity contribution in [2.75, 3.05) is 0 Å². The number of benzene rings is 2. The van der Waals surface area contributed by atoms with E-state index in [2.05, 4.69) is 6.92 Å². The van der Waals surface area contributed by atoms with Gasteiger partial charge >= 0.3 is 5.97 Å². The van der Waals surface area contributed by atoms with E-state index in [-0.39, 0.29) is 5.97 Å². The Morgan fingerprint density at radius 3 is 2.00 bits per heavy atom. The molecule has 0 radical (unpaired) electrons. The van der Waals surface area contributed by atoms with Crippen LogP contribution in [0.5, 0.6) is 5.75 Å². The zero-order chi connectivity index (χ0) is 17.7. The number of hydrogen-bond donors (Lipinski definition) is 0. The lowest BCUT2D eigenvalue weighted by Crippen LogP contribution is -2.08. The van der Waals surface area contributed by atoms with Gasteiger partial charge in [0.1, 0.15) is 5.75 Å². The van der Waals surface area contributed by atoms with Crippen molar-refractivity contribution in [2.24, 2.45) is 0 Å². The molecule has 2 heteroatoms. The molecular formula is C23H30O2. The van der Waals surface area contributed by atoms with Crippen LogP contribution < -0.4 is 4.74 Å². The molecule has 0 N–H and O–H groups in total. The Balaban J connectivity index is 1.66. The molecule has 2 nitrogen and oxygen atoms in total. The van der Waals surface area contributed by atoms with E-state index in [1.807, 2.05) is 42.5 Å². The highest BCUT2D eigenvalue weighted by Gasteiger charge is 2.08. The van der Waals surface area contributed by atoms with Crippen LogP contribution in [0, 0.1) is 0 Å². The molecule has 2 rings (SSSR count). The summed E-state index contributed by atoms with van der Waals surface area (Å²) in [5.41, 5.74) is 1.89. The van der Waals surface area contributed by atoms with Crippen molar-refractivity contribution in [3.8, 4) is 5.75 Å². The van der Waals surface area contributed by atoms with Gasteiger partial charge in [0, 0.05) is 0 Å². The van der Waals surface area contributed by atoms with Gasteiger partial charge < -0.3 is 4.74 Å². The van der Waals surface area contributed by atoms with Gasteiger partial charge in [-0.15, -0.1) is 0 Å². The zero-order valence-corrected chi connectivity index (χ0v) is 15.4. The summed E-state index contributed by atoms with van der Waals surface area (Å²) in [5.74, 6) is 0.278. The Kier molecular flexibility index (Phi) is 8.82. The number of para-hydroxylation sites is 1. The fourth-order valence-electron chi connectivity index (χ4n) is 2.93. The standard InChI is InChI=1S/C23H30O2/c1-2-3-4-5-6-7-8-10-13-20-16-18-21(19-17-20)23(24)25-22-14-11-9-12-15-22/h9,11-12,14-19H,2-8,10,13H2,1H3. The summed E-state index contributed by atoms with van der Waals surface area (Å²) in [6, 6.07) is 17.0. The number of esters is 1. The second-order valence-electron chi connectivity index (χ2n) is 6.62. The molecule has 0 atom stereocenters. The highest BCUT2D eigenvalue weighted by Crippen LogP contribution is 2.14. The maximum Gasteiger partial charge on any atom is 0.343 e. The molecule has 0 heterocycles. The number of aryl methyl sites for hydroxylation is 1. The summed E-state index contributed by atoms with van der Waals surface area (Å²) in [5, 5.41) is 0. The van der Waals surface area contributed by atoms with E-state index >= 15 is 0 Å². The third-order valence-corrected chi connectivity index (χ3v) is 4.46. The van der Waals surface area contributed by atoms with E-state index in [1.165, 1.54) is 56.9 Å². The summed E-state index contributed by atoms with van der Waals surface area (Å²) >= 11 is 0. The third-order valence-electron chi connectivity index (χ3n) is 4.46. The lowest BCUT2D eigenvalue weighted by Gasteiger charge is -2.06. The Bertz CT molecular complexity index is 602. The Hall–Kier alpha value is -2.09. The molecule has 0 aliphatic heterocycles. The summed E-state index contributed by atoms with van der Waals surface area (Å²) in [6.07, 6.45) is 11.8. The van der Waals surface area contributed by atoms with Gasteiger partial charge in [0.2, 0.25) is 0 Å². The van der Waals surface area contributed by atoms with Crippen molar-refractivity contribution >= 4 is 5.97 Å². The molecule has 0 aliphatic rings. The molecule has 0 spiro atoms. The van der Waals surface area contributed by atoms with Crippen molar-refractivity contribution in [1.29, 1.82) is 0 Å². The molecule has 0 unspecified atom stereocenters. The van der Waals surface area contributed by atoms with Gasteiger partial charge in [-0.1, -0.05) is 82.2 Å². The second-order valence-corrected chi connectivity index (χ2v) is 6.62. The van der Waals surface area contributed by atoms with E-state index < -0.39 is 0 Å². The fourth-order valence-corrected chi connectivity index (χ4v) is 2.93. The highest BCUT2D eigenvalue weighted by molar-refractivity contribution is 5.91. The Labute approximate surface area is 152 Å². The maximum absolute atomic E-state index is 12.1. The van der Waals surface area contributed by atoms with Gasteiger partial charge in [0.05, 0.1) is 5.56 Å². The molecule has 2 aromatic carbocycles. The summed E-state index contributed by atoms with van der Waals surface area (Å²) in [4.78, 5) is 12.1. The Morgan fingerprint density at radius 1 is 0.760 bits per heavy atom. The first kappa shape index (κ1) is 19.2. The summed E-state index contributed by atoms with van der Waals surface area (Å²) in [6.45, 7) is 2.26. The molecule has 0 aliphatic carbocycles. The van der Waals surface area contributed by atoms with E-state index in [9.17, 15) is 4.79 Å². The van der Waals surface area contributed by atoms with Gasteiger partial charge in [-0.25, -0.2) is 4.79 Å². The lowest BCUT2D eigenvalue weighted by molar-refractivity contribution is 0.0735. The molecular weight excluding hydrogens is 308 g/mol. The summed E-state index contributed by atoms with van der Waals surface area (Å²) < 4.78 is 5.35. The lowest BCUT2D eigenvalue weighted by atomic mass is 10.0. The normalized spacial score (nSPS) is 10.6. The van der Waals surface area contributed by atoms with Crippen LogP contribution in [0.2, 0.25) is 0 Å². The number of carbonyl (C=O) groups is 1. The minimum atomic E-state index is -0.301. The fraction of sp³-hybridized carbons (Fsp3) is 0.435. The number of rotatable bonds is 11. The van der Waals surface area contributed by atoms with Crippen molar-refractivity contribution in [1.82, 2.24) is 0 Å². The molecule has 0 aromatic heterocycles. The molecule has 134 valence electrons. The number of ether oxygens (including phenoxy) is 1. The molecule has 0 saturated carbocycles. The van der Waals surface area contributed by atoms with Crippen LogP contribution in [-0.2, 0) is 6.42 Å². The molecule has 25 heavy (non-hydrogen) atoms. The van der Waals surface area contributed by atoms with Crippen molar-refractivity contribution in [3.63, 3.8) is 0 Å². The maximum atomic E-state index is 12.1. The van der Waals surface area contributed by atoms with Gasteiger partial charge in [-0.2, -0.15) is 0 Å². The molecule has 2 aromatic rings. The third kappa shape index (κ3) is 7.55. The van der Waals surface area contributed by atoms with Crippen LogP contribution in [0.25, 0.3) is 0 Å². The molecule has 0 amide bonds. The van der Waals surface area contributed by atoms with Gasteiger partial charge in [-0.05, 0) is 42.7 Å². The smallest absolute Gasteiger partial charge is 0.343 e. The monoisotopic (exact) mass is 338 g/mol. The quantitative estimate of drug-likeness (QED) is 0.262. The van der Waals surface area contributed by atoms with E-state index in [4.69, 9.17) is 4.74 Å². The average Bonchev–Trinajstić information content (AvgIpc) is 2.65. The second kappa shape index (κ2) is 11.5. The van der Waals surface area contributed by atoms with Crippen molar-refractivity contribution < 1.29 is 9.53 Å². The zero-order valence-electron chi connectivity index (χ0n) is 15.4. The molecule has 0 fully saturated rings. The van der Waals surface area contributed by atoms with E-state index in [0.717, 1.165) is 6.42 Å². The van der Waals surface area contributed by atoms with Crippen LogP contribution in [0.4, 0.5) is 0 Å². The Morgan fingerprint density at radius 2 is 1.36 bits per heavy atom. The van der Waals surface area contributed by atoms with Gasteiger partial charge in [0.15, 0.2) is 0 Å². The number of hydrogen-bond acceptors (Lipinski definition) is 2. The topological polar surface area (TPSA) is 26.3 Å². The van der Waals surface area contributed by atoms with Crippen LogP contribution in [-0.4, -0.2) is 5.97 Å². The highest BCUT2D eigenvalue weighted by atomic mass is 16.5.